The van der Waals surface area contributed by atoms with Crippen molar-refractivity contribution in [3.05, 3.63) is 0 Å². The van der Waals surface area contributed by atoms with Crippen LogP contribution < -0.4 is 0 Å². The zero-order valence-corrected chi connectivity index (χ0v) is 15.4. The van der Waals surface area contributed by atoms with Crippen molar-refractivity contribution in [2.45, 2.75) is 54.4 Å². The third-order valence-electron chi connectivity index (χ3n) is 4.19. The first kappa shape index (κ1) is 18.9. The lowest BCUT2D eigenvalue weighted by molar-refractivity contribution is 0.0628. The smallest absolute Gasteiger partial charge is 0.0593 e. The molecule has 126 valence electrons. The van der Waals surface area contributed by atoms with Gasteiger partial charge in [0.2, 0.25) is 0 Å². The minimum absolute atomic E-state index is 0.388. The number of rotatable bonds is 7. The molecule has 1 saturated heterocycles. The van der Waals surface area contributed by atoms with Crippen LogP contribution in [0.25, 0.3) is 0 Å². The van der Waals surface area contributed by atoms with Gasteiger partial charge < -0.3 is 9.64 Å². The topological polar surface area (TPSA) is 15.7 Å². The molecule has 0 aromatic heterocycles. The third kappa shape index (κ3) is 10.3. The van der Waals surface area contributed by atoms with Crippen LogP contribution in [0.2, 0.25) is 0 Å². The molecule has 0 bridgehead atoms. The van der Waals surface area contributed by atoms with Crippen LogP contribution in [-0.2, 0) is 4.74 Å². The Bertz CT molecular complexity index is 267. The normalized spacial score (nSPS) is 19.1. The molecule has 0 radical (unpaired) electrons. The predicted molar refractivity (Wildman–Crippen MR) is 91.8 cm³/mol. The second-order valence-electron chi connectivity index (χ2n) is 8.92. The maximum absolute atomic E-state index is 5.78. The van der Waals surface area contributed by atoms with Crippen LogP contribution in [0.5, 0.6) is 0 Å². The average Bonchev–Trinajstić information content (AvgIpc) is 2.35. The third-order valence-corrected chi connectivity index (χ3v) is 4.19. The molecule has 0 aromatic rings. The number of hydrogen-bond acceptors (Lipinski definition) is 3. The summed E-state index contributed by atoms with van der Waals surface area (Å²) in [6, 6.07) is 0. The zero-order valence-electron chi connectivity index (χ0n) is 15.4. The van der Waals surface area contributed by atoms with Gasteiger partial charge in [-0.3, -0.25) is 4.90 Å². The quantitative estimate of drug-likeness (QED) is 0.669. The van der Waals surface area contributed by atoms with Gasteiger partial charge in [0, 0.05) is 39.3 Å². The molecule has 0 aromatic carbocycles. The van der Waals surface area contributed by atoms with Crippen LogP contribution in [0.3, 0.4) is 0 Å². The maximum Gasteiger partial charge on any atom is 0.0593 e. The number of piperazine rings is 1. The maximum atomic E-state index is 5.78. The molecule has 0 atom stereocenters. The minimum Gasteiger partial charge on any atom is -0.380 e. The Labute approximate surface area is 133 Å². The fourth-order valence-corrected chi connectivity index (χ4v) is 2.40. The van der Waals surface area contributed by atoms with E-state index in [1.165, 1.54) is 39.1 Å². The summed E-state index contributed by atoms with van der Waals surface area (Å²) in [4.78, 5) is 5.16. The van der Waals surface area contributed by atoms with E-state index in [2.05, 4.69) is 51.3 Å². The highest BCUT2D eigenvalue weighted by atomic mass is 16.5. The van der Waals surface area contributed by atoms with Crippen LogP contribution in [-0.4, -0.2) is 62.3 Å². The van der Waals surface area contributed by atoms with Gasteiger partial charge in [-0.1, -0.05) is 41.5 Å². The molecular formula is C18H38N2O. The van der Waals surface area contributed by atoms with E-state index in [1.807, 2.05) is 0 Å². The van der Waals surface area contributed by atoms with Gasteiger partial charge in [0.25, 0.3) is 0 Å². The molecule has 1 heterocycles. The molecule has 1 rings (SSSR count). The molecule has 1 aliphatic heterocycles. The Balaban J connectivity index is 2.03. The van der Waals surface area contributed by atoms with Gasteiger partial charge in [-0.15, -0.1) is 0 Å². The van der Waals surface area contributed by atoms with Crippen LogP contribution in [0, 0.1) is 10.8 Å². The molecule has 0 amide bonds. The number of hydrogen-bond donors (Lipinski definition) is 0. The fraction of sp³-hybridized carbons (Fsp3) is 1.00. The van der Waals surface area contributed by atoms with Gasteiger partial charge in [-0.2, -0.15) is 0 Å². The summed E-state index contributed by atoms with van der Waals surface area (Å²) >= 11 is 0. The molecule has 1 aliphatic rings. The van der Waals surface area contributed by atoms with E-state index in [1.54, 1.807) is 0 Å². The number of nitrogens with zero attached hydrogens (tertiary/aromatic N) is 2. The lowest BCUT2D eigenvalue weighted by atomic mass is 9.92. The molecule has 21 heavy (non-hydrogen) atoms. The van der Waals surface area contributed by atoms with E-state index in [0.717, 1.165) is 26.2 Å². The summed E-state index contributed by atoms with van der Waals surface area (Å²) < 4.78 is 5.78. The minimum atomic E-state index is 0.388. The monoisotopic (exact) mass is 298 g/mol. The van der Waals surface area contributed by atoms with Crippen molar-refractivity contribution >= 4 is 0 Å². The molecular weight excluding hydrogens is 260 g/mol. The lowest BCUT2D eigenvalue weighted by Gasteiger charge is -2.35. The zero-order chi connectivity index (χ0) is 15.9. The molecule has 0 N–H and O–H groups in total. The summed E-state index contributed by atoms with van der Waals surface area (Å²) in [6.45, 7) is 22.8. The first-order valence-electron chi connectivity index (χ1n) is 8.68. The van der Waals surface area contributed by atoms with Gasteiger partial charge in [-0.05, 0) is 30.2 Å². The van der Waals surface area contributed by atoms with E-state index in [-0.39, 0.29) is 0 Å². The average molecular weight is 299 g/mol. The van der Waals surface area contributed by atoms with Crippen LogP contribution in [0.15, 0.2) is 0 Å². The van der Waals surface area contributed by atoms with E-state index in [0.29, 0.717) is 10.8 Å². The van der Waals surface area contributed by atoms with Crippen LogP contribution in [0.1, 0.15) is 54.4 Å². The van der Waals surface area contributed by atoms with Crippen molar-refractivity contribution in [3.8, 4) is 0 Å². The van der Waals surface area contributed by atoms with Gasteiger partial charge in [-0.25, -0.2) is 0 Å². The Morgan fingerprint density at radius 2 is 1.14 bits per heavy atom. The molecule has 0 saturated carbocycles. The largest absolute Gasteiger partial charge is 0.380 e. The summed E-state index contributed by atoms with van der Waals surface area (Å²) in [5.41, 5.74) is 0.844. The Kier molecular flexibility index (Phi) is 7.66. The summed E-state index contributed by atoms with van der Waals surface area (Å²) in [7, 11) is 0. The SMILES string of the molecule is CC(C)(C)CCOCCN1CCN(CCC(C)(C)C)CC1. The van der Waals surface area contributed by atoms with Crippen molar-refractivity contribution in [2.75, 3.05) is 52.5 Å². The standard InChI is InChI=1S/C18H38N2O/c1-17(2,3)7-9-19-10-12-20(13-11-19)14-16-21-15-8-18(4,5)6/h7-16H2,1-6H3. The van der Waals surface area contributed by atoms with Gasteiger partial charge >= 0.3 is 0 Å². The lowest BCUT2D eigenvalue weighted by Crippen LogP contribution is -2.47. The fourth-order valence-electron chi connectivity index (χ4n) is 2.40. The van der Waals surface area contributed by atoms with E-state index in [4.69, 9.17) is 4.74 Å². The summed E-state index contributed by atoms with van der Waals surface area (Å²) in [5, 5.41) is 0. The second kappa shape index (κ2) is 8.50. The van der Waals surface area contributed by atoms with Gasteiger partial charge in [0.1, 0.15) is 0 Å². The molecule has 0 aliphatic carbocycles. The van der Waals surface area contributed by atoms with E-state index >= 15 is 0 Å². The Morgan fingerprint density at radius 3 is 1.62 bits per heavy atom. The first-order chi connectivity index (χ1) is 9.66. The molecule has 3 nitrogen and oxygen atoms in total. The highest BCUT2D eigenvalue weighted by molar-refractivity contribution is 4.74. The Morgan fingerprint density at radius 1 is 0.667 bits per heavy atom. The summed E-state index contributed by atoms with van der Waals surface area (Å²) in [6.07, 6.45) is 2.44. The van der Waals surface area contributed by atoms with Gasteiger partial charge in [0.15, 0.2) is 0 Å². The predicted octanol–water partition coefficient (Wildman–Crippen LogP) is 3.49. The number of ether oxygens (including phenoxy) is 1. The van der Waals surface area contributed by atoms with E-state index < -0.39 is 0 Å². The van der Waals surface area contributed by atoms with E-state index in [9.17, 15) is 0 Å². The molecule has 0 spiro atoms. The summed E-state index contributed by atoms with van der Waals surface area (Å²) in [5.74, 6) is 0. The first-order valence-corrected chi connectivity index (χ1v) is 8.68. The second-order valence-corrected chi connectivity index (χ2v) is 8.92. The molecule has 1 fully saturated rings. The Hall–Kier alpha value is -0.120. The van der Waals surface area contributed by atoms with Crippen LogP contribution in [0.4, 0.5) is 0 Å². The van der Waals surface area contributed by atoms with Crippen molar-refractivity contribution < 1.29 is 4.74 Å². The highest BCUT2D eigenvalue weighted by Crippen LogP contribution is 2.19. The van der Waals surface area contributed by atoms with Crippen molar-refractivity contribution in [3.63, 3.8) is 0 Å². The van der Waals surface area contributed by atoms with Crippen molar-refractivity contribution in [1.29, 1.82) is 0 Å². The van der Waals surface area contributed by atoms with Crippen LogP contribution >= 0.6 is 0 Å². The highest BCUT2D eigenvalue weighted by Gasteiger charge is 2.18. The molecule has 3 heteroatoms. The molecule has 0 unspecified atom stereocenters. The van der Waals surface area contributed by atoms with Crippen molar-refractivity contribution in [1.82, 2.24) is 9.80 Å². The van der Waals surface area contributed by atoms with Crippen molar-refractivity contribution in [2.24, 2.45) is 10.8 Å². The van der Waals surface area contributed by atoms with Gasteiger partial charge in [0.05, 0.1) is 6.61 Å².